The van der Waals surface area contributed by atoms with Gasteiger partial charge >= 0.3 is 0 Å². The van der Waals surface area contributed by atoms with Crippen LogP contribution in [0, 0.1) is 11.3 Å². The Labute approximate surface area is 68.6 Å². The largest absolute Gasteiger partial charge is 0.249 e. The van der Waals surface area contributed by atoms with Crippen LogP contribution >= 0.6 is 0 Å². The molecule has 0 saturated heterocycles. The molecule has 4 heteroatoms. The third-order valence-corrected chi connectivity index (χ3v) is 2.40. The molecule has 0 aromatic rings. The van der Waals surface area contributed by atoms with Gasteiger partial charge in [-0.05, 0) is 20.8 Å². The van der Waals surface area contributed by atoms with Gasteiger partial charge in [0.05, 0.1) is 21.3 Å². The summed E-state index contributed by atoms with van der Waals surface area (Å²) in [6.07, 6.45) is 1.52. The lowest BCUT2D eigenvalue weighted by atomic mass is 10.1. The third-order valence-electron chi connectivity index (χ3n) is 0.799. The summed E-state index contributed by atoms with van der Waals surface area (Å²) < 4.78 is 15.4. The van der Waals surface area contributed by atoms with Crippen molar-refractivity contribution in [2.24, 2.45) is 4.36 Å². The standard InChI is InChI=1S/C7H14N2OS/c1-7(2,3)9-11(4,10)6-5-8/h6H2,1-4H3. The molecule has 0 spiro atoms. The van der Waals surface area contributed by atoms with E-state index in [4.69, 9.17) is 5.26 Å². The summed E-state index contributed by atoms with van der Waals surface area (Å²) in [7, 11) is -2.28. The Hall–Kier alpha value is -0.560. The highest BCUT2D eigenvalue weighted by molar-refractivity contribution is 7.93. The van der Waals surface area contributed by atoms with Gasteiger partial charge in [0.2, 0.25) is 0 Å². The zero-order chi connectivity index (χ0) is 9.12. The predicted octanol–water partition coefficient (Wildman–Crippen LogP) is 1.41. The molecular weight excluding hydrogens is 160 g/mol. The van der Waals surface area contributed by atoms with Gasteiger partial charge in [0, 0.05) is 6.26 Å². The molecule has 1 unspecified atom stereocenters. The number of hydrogen-bond donors (Lipinski definition) is 0. The minimum atomic E-state index is -2.28. The quantitative estimate of drug-likeness (QED) is 0.603. The summed E-state index contributed by atoms with van der Waals surface area (Å²) in [6.45, 7) is 5.61. The molecule has 0 aromatic carbocycles. The minimum absolute atomic E-state index is 0.0181. The second kappa shape index (κ2) is 3.22. The highest BCUT2D eigenvalue weighted by Gasteiger charge is 2.11. The maximum atomic E-state index is 11.4. The Morgan fingerprint density at radius 3 is 2.27 bits per heavy atom. The molecule has 0 bridgehead atoms. The minimum Gasteiger partial charge on any atom is -0.249 e. The first-order chi connectivity index (χ1) is 4.77. The van der Waals surface area contributed by atoms with Gasteiger partial charge in [-0.15, -0.1) is 0 Å². The molecular formula is C7H14N2OS. The van der Waals surface area contributed by atoms with Gasteiger partial charge in [0.15, 0.2) is 0 Å². The van der Waals surface area contributed by atoms with Crippen molar-refractivity contribution in [2.45, 2.75) is 26.3 Å². The fraction of sp³-hybridized carbons (Fsp3) is 0.857. The molecule has 0 radical (unpaired) electrons. The average molecular weight is 174 g/mol. The second-order valence-electron chi connectivity index (χ2n) is 3.52. The van der Waals surface area contributed by atoms with Crippen LogP contribution in [0.15, 0.2) is 4.36 Å². The molecule has 0 heterocycles. The van der Waals surface area contributed by atoms with Crippen molar-refractivity contribution in [2.75, 3.05) is 12.0 Å². The van der Waals surface area contributed by atoms with Crippen LogP contribution in [0.2, 0.25) is 0 Å². The van der Waals surface area contributed by atoms with Crippen LogP contribution < -0.4 is 0 Å². The molecule has 11 heavy (non-hydrogen) atoms. The van der Waals surface area contributed by atoms with Crippen LogP contribution in [0.4, 0.5) is 0 Å². The van der Waals surface area contributed by atoms with E-state index in [1.807, 2.05) is 26.8 Å². The van der Waals surface area contributed by atoms with Crippen LogP contribution in [0.1, 0.15) is 20.8 Å². The topological polar surface area (TPSA) is 53.2 Å². The first kappa shape index (κ1) is 10.4. The van der Waals surface area contributed by atoms with Gasteiger partial charge in [0.1, 0.15) is 5.75 Å². The predicted molar refractivity (Wildman–Crippen MR) is 46.7 cm³/mol. The first-order valence-corrected chi connectivity index (χ1v) is 5.44. The van der Waals surface area contributed by atoms with Gasteiger partial charge in [-0.3, -0.25) is 0 Å². The number of rotatable bonds is 1. The Bertz CT molecular complexity index is 274. The van der Waals surface area contributed by atoms with E-state index in [-0.39, 0.29) is 11.3 Å². The van der Waals surface area contributed by atoms with Gasteiger partial charge < -0.3 is 0 Å². The molecule has 64 valence electrons. The van der Waals surface area contributed by atoms with Crippen molar-refractivity contribution in [1.29, 1.82) is 5.26 Å². The zero-order valence-corrected chi connectivity index (χ0v) is 8.23. The molecule has 1 atom stereocenters. The molecule has 0 fully saturated rings. The maximum absolute atomic E-state index is 11.4. The molecule has 0 N–H and O–H groups in total. The van der Waals surface area contributed by atoms with Crippen LogP contribution in [0.25, 0.3) is 0 Å². The van der Waals surface area contributed by atoms with Gasteiger partial charge in [-0.1, -0.05) is 0 Å². The van der Waals surface area contributed by atoms with E-state index in [0.717, 1.165) is 0 Å². The highest BCUT2D eigenvalue weighted by Crippen LogP contribution is 2.09. The van der Waals surface area contributed by atoms with E-state index in [1.165, 1.54) is 6.26 Å². The van der Waals surface area contributed by atoms with E-state index in [2.05, 4.69) is 4.36 Å². The zero-order valence-electron chi connectivity index (χ0n) is 7.42. The van der Waals surface area contributed by atoms with Gasteiger partial charge in [0.25, 0.3) is 0 Å². The smallest absolute Gasteiger partial charge is 0.119 e. The van der Waals surface area contributed by atoms with E-state index >= 15 is 0 Å². The molecule has 0 aromatic heterocycles. The molecule has 0 aliphatic rings. The molecule has 0 rings (SSSR count). The van der Waals surface area contributed by atoms with Crippen LogP contribution in [0.3, 0.4) is 0 Å². The van der Waals surface area contributed by atoms with Crippen LogP contribution in [-0.2, 0) is 9.73 Å². The summed E-state index contributed by atoms with van der Waals surface area (Å²) >= 11 is 0. The molecule has 0 aliphatic carbocycles. The lowest BCUT2D eigenvalue weighted by Crippen LogP contribution is -2.15. The first-order valence-electron chi connectivity index (χ1n) is 3.35. The van der Waals surface area contributed by atoms with Crippen molar-refractivity contribution in [3.63, 3.8) is 0 Å². The van der Waals surface area contributed by atoms with Crippen molar-refractivity contribution in [3.05, 3.63) is 0 Å². The number of nitrogens with zero attached hydrogens (tertiary/aromatic N) is 2. The van der Waals surface area contributed by atoms with E-state index in [0.29, 0.717) is 0 Å². The Balaban J connectivity index is 4.72. The van der Waals surface area contributed by atoms with E-state index < -0.39 is 9.73 Å². The highest BCUT2D eigenvalue weighted by atomic mass is 32.2. The van der Waals surface area contributed by atoms with Crippen molar-refractivity contribution >= 4 is 9.73 Å². The molecule has 0 aliphatic heterocycles. The maximum Gasteiger partial charge on any atom is 0.119 e. The van der Waals surface area contributed by atoms with E-state index in [9.17, 15) is 4.21 Å². The monoisotopic (exact) mass is 174 g/mol. The fourth-order valence-corrected chi connectivity index (χ4v) is 2.19. The lowest BCUT2D eigenvalue weighted by Gasteiger charge is -2.13. The Morgan fingerprint density at radius 2 is 2.00 bits per heavy atom. The molecule has 0 saturated carbocycles. The van der Waals surface area contributed by atoms with Gasteiger partial charge in [-0.2, -0.15) is 5.26 Å². The van der Waals surface area contributed by atoms with Crippen molar-refractivity contribution < 1.29 is 4.21 Å². The normalized spacial score (nSPS) is 16.6. The van der Waals surface area contributed by atoms with E-state index in [1.54, 1.807) is 0 Å². The lowest BCUT2D eigenvalue weighted by molar-refractivity contribution is 0.582. The summed E-state index contributed by atoms with van der Waals surface area (Å²) in [5.74, 6) is 0.0181. The van der Waals surface area contributed by atoms with Crippen LogP contribution in [0.5, 0.6) is 0 Å². The molecule has 3 nitrogen and oxygen atoms in total. The summed E-state index contributed by atoms with van der Waals surface area (Å²) in [5.41, 5.74) is -0.317. The SMILES string of the molecule is CC(C)(C)N=S(C)(=O)CC#N. The van der Waals surface area contributed by atoms with Gasteiger partial charge in [-0.25, -0.2) is 8.57 Å². The second-order valence-corrected chi connectivity index (χ2v) is 5.91. The third kappa shape index (κ3) is 5.86. The average Bonchev–Trinajstić information content (AvgIpc) is 1.55. The number of nitriles is 1. The molecule has 0 amide bonds. The van der Waals surface area contributed by atoms with Crippen molar-refractivity contribution in [3.8, 4) is 6.07 Å². The van der Waals surface area contributed by atoms with Crippen molar-refractivity contribution in [1.82, 2.24) is 0 Å². The Morgan fingerprint density at radius 1 is 1.55 bits per heavy atom. The summed E-state index contributed by atoms with van der Waals surface area (Å²) in [4.78, 5) is 0. The fourth-order valence-electron chi connectivity index (χ4n) is 0.731. The number of hydrogen-bond acceptors (Lipinski definition) is 3. The van der Waals surface area contributed by atoms with Crippen LogP contribution in [-0.4, -0.2) is 21.8 Å². The summed E-state index contributed by atoms with van der Waals surface area (Å²) in [5, 5.41) is 8.31. The Kier molecular flexibility index (Phi) is 3.06. The summed E-state index contributed by atoms with van der Waals surface area (Å²) in [6, 6.07) is 1.86.